The molecule has 0 bridgehead atoms. The van der Waals surface area contributed by atoms with Gasteiger partial charge < -0.3 is 10.2 Å². The third-order valence-corrected chi connectivity index (χ3v) is 9.64. The molecule has 3 rings (SSSR count). The van der Waals surface area contributed by atoms with Gasteiger partial charge in [-0.1, -0.05) is 6.07 Å². The molecule has 1 saturated heterocycles. The summed E-state index contributed by atoms with van der Waals surface area (Å²) in [4.78, 5) is 64.2. The first kappa shape index (κ1) is 38.2. The first-order valence-corrected chi connectivity index (χ1v) is 16.9. The average Bonchev–Trinajstić information content (AvgIpc) is 2.99. The van der Waals surface area contributed by atoms with Crippen molar-refractivity contribution in [2.75, 3.05) is 70.8 Å². The number of aliphatic carboxylic acids is 3. The quantitative estimate of drug-likeness (QED) is 0.0377. The molecule has 1 unspecified atom stereocenters. The SMILES string of the molecule is O=C(O)CN1CCN(CC(=O)O)CCN([I-]C(=O)O)C(Cc2ccc(NC(=O)/C=C/c3ccc(O)c(O)c3)cc2)CN(CC(=O)O)CC1. The molecule has 16 nitrogen and oxygen atoms in total. The molecule has 1 aliphatic rings. The number of carboxylic acids is 3. The van der Waals surface area contributed by atoms with Gasteiger partial charge in [-0.3, -0.25) is 0 Å². The Morgan fingerprint density at radius 3 is 1.81 bits per heavy atom. The molecule has 0 aliphatic carbocycles. The van der Waals surface area contributed by atoms with E-state index in [0.717, 1.165) is 5.56 Å². The number of rotatable bonds is 13. The molecule has 1 aliphatic heterocycles. The van der Waals surface area contributed by atoms with E-state index in [1.165, 1.54) is 30.4 Å². The summed E-state index contributed by atoms with van der Waals surface area (Å²) in [6.45, 7) is 0.470. The Kier molecular flexibility index (Phi) is 15.0. The maximum atomic E-state index is 12.5. The van der Waals surface area contributed by atoms with Crippen LogP contribution in [0.4, 0.5) is 10.5 Å². The summed E-state index contributed by atoms with van der Waals surface area (Å²) in [5, 5.41) is 60.1. The van der Waals surface area contributed by atoms with Crippen LogP contribution in [-0.4, -0.2) is 148 Å². The van der Waals surface area contributed by atoms with Crippen LogP contribution in [-0.2, 0) is 25.6 Å². The number of phenols is 2. The monoisotopic (exact) mass is 784 g/mol. The fourth-order valence-corrected chi connectivity index (χ4v) is 6.84. The minimum atomic E-state index is -1.59. The van der Waals surface area contributed by atoms with Crippen LogP contribution in [0.1, 0.15) is 11.1 Å². The maximum absolute atomic E-state index is 12.5. The number of hydrogen-bond donors (Lipinski definition) is 7. The van der Waals surface area contributed by atoms with E-state index in [0.29, 0.717) is 17.7 Å². The van der Waals surface area contributed by atoms with Gasteiger partial charge in [0.15, 0.2) is 11.5 Å². The van der Waals surface area contributed by atoms with E-state index in [2.05, 4.69) is 5.32 Å². The molecule has 0 aromatic heterocycles. The zero-order chi connectivity index (χ0) is 35.2. The second-order valence-corrected chi connectivity index (χ2v) is 13.7. The van der Waals surface area contributed by atoms with Crippen molar-refractivity contribution >= 4 is 39.6 Å². The molecule has 2 aromatic carbocycles. The predicted octanol–water partition coefficient (Wildman–Crippen LogP) is -2.18. The fourth-order valence-electron chi connectivity index (χ4n) is 5.08. The first-order valence-electron chi connectivity index (χ1n) is 14.8. The molecule has 1 atom stereocenters. The van der Waals surface area contributed by atoms with Gasteiger partial charge in [0.1, 0.15) is 0 Å². The van der Waals surface area contributed by atoms with Gasteiger partial charge in [0.2, 0.25) is 0 Å². The van der Waals surface area contributed by atoms with E-state index in [4.69, 9.17) is 0 Å². The zero-order valence-corrected chi connectivity index (χ0v) is 28.1. The second kappa shape index (κ2) is 18.9. The van der Waals surface area contributed by atoms with E-state index >= 15 is 0 Å². The summed E-state index contributed by atoms with van der Waals surface area (Å²) >= 11 is -1.59. The number of aromatic hydroxyl groups is 2. The van der Waals surface area contributed by atoms with Crippen LogP contribution in [0.15, 0.2) is 48.5 Å². The van der Waals surface area contributed by atoms with E-state index in [-0.39, 0.29) is 76.9 Å². The molecule has 1 fully saturated rings. The number of carbonyl (C=O) groups excluding carboxylic acids is 1. The Hall–Kier alpha value is -4.30. The number of carboxylic acid groups (broad SMARTS) is 4. The molecule has 0 saturated carbocycles. The van der Waals surface area contributed by atoms with Gasteiger partial charge in [0.05, 0.1) is 0 Å². The van der Waals surface area contributed by atoms with Crippen molar-refractivity contribution in [2.45, 2.75) is 12.5 Å². The molecular weight excluding hydrogens is 745 g/mol. The van der Waals surface area contributed by atoms with E-state index in [9.17, 15) is 54.6 Å². The van der Waals surface area contributed by atoms with Crippen LogP contribution in [0.2, 0.25) is 0 Å². The minimum absolute atomic E-state index is 0.162. The van der Waals surface area contributed by atoms with Crippen molar-refractivity contribution < 1.29 is 76.1 Å². The number of nitrogens with one attached hydrogen (secondary N) is 1. The van der Waals surface area contributed by atoms with Gasteiger partial charge in [-0.2, -0.15) is 0 Å². The van der Waals surface area contributed by atoms with Gasteiger partial charge in [0.25, 0.3) is 0 Å². The molecule has 48 heavy (non-hydrogen) atoms. The van der Waals surface area contributed by atoms with Crippen molar-refractivity contribution in [3.05, 3.63) is 59.7 Å². The fraction of sp³-hybridized carbons (Fsp3) is 0.387. The van der Waals surface area contributed by atoms with Crippen molar-refractivity contribution in [2.24, 2.45) is 0 Å². The summed E-state index contributed by atoms with van der Waals surface area (Å²) < 4.78 is 0.796. The molecule has 17 heteroatoms. The van der Waals surface area contributed by atoms with Gasteiger partial charge in [-0.15, -0.1) is 0 Å². The Balaban J connectivity index is 1.82. The number of hydrogen-bond acceptors (Lipinski definition) is 11. The predicted molar refractivity (Wildman–Crippen MR) is 168 cm³/mol. The van der Waals surface area contributed by atoms with Crippen molar-refractivity contribution in [3.8, 4) is 11.5 Å². The van der Waals surface area contributed by atoms with E-state index in [1.807, 2.05) is 0 Å². The zero-order valence-electron chi connectivity index (χ0n) is 25.9. The Bertz CT molecular complexity index is 1470. The summed E-state index contributed by atoms with van der Waals surface area (Å²) in [6, 6.07) is 10.5. The third kappa shape index (κ3) is 13.8. The van der Waals surface area contributed by atoms with E-state index < -0.39 is 55.3 Å². The molecular formula is C31H39IN5O11-. The Labute approximate surface area is 287 Å². The van der Waals surface area contributed by atoms with Gasteiger partial charge in [-0.25, -0.2) is 0 Å². The molecule has 0 spiro atoms. The van der Waals surface area contributed by atoms with Crippen LogP contribution in [0.25, 0.3) is 6.08 Å². The molecule has 262 valence electrons. The Morgan fingerprint density at radius 1 is 0.729 bits per heavy atom. The topological polar surface area (TPSA) is 232 Å². The van der Waals surface area contributed by atoms with Gasteiger partial charge in [0, 0.05) is 0 Å². The normalized spacial score (nSPS) is 17.8. The van der Waals surface area contributed by atoms with Crippen molar-refractivity contribution in [1.82, 2.24) is 17.8 Å². The molecule has 1 heterocycles. The van der Waals surface area contributed by atoms with Crippen LogP contribution in [0.5, 0.6) is 11.5 Å². The third-order valence-electron chi connectivity index (χ3n) is 7.34. The number of benzene rings is 2. The van der Waals surface area contributed by atoms with Crippen LogP contribution < -0.4 is 26.8 Å². The standard InChI is InChI=1S/C31H39IN5O11/c38-25-7-3-22(16-26(25)39)4-8-27(40)33-23-5-1-21(2-6-23)15-24-17-36(20-30(45)46)12-11-34(18-28(41)42)9-10-35(19-29(43)44)13-14-37(24)32-31(47)48/h1-8,16,24,38-39H,9-15,17-20H2,(H,33,40)(H,41,42)(H,43,44)(H,45,46)(H,47,48)/q-1/b8-4+. The van der Waals surface area contributed by atoms with Crippen molar-refractivity contribution in [1.29, 1.82) is 0 Å². The molecule has 7 N–H and O–H groups in total. The second-order valence-electron chi connectivity index (χ2n) is 11.1. The summed E-state index contributed by atoms with van der Waals surface area (Å²) in [5.41, 5.74) is 1.76. The average molecular weight is 785 g/mol. The number of phenolic OH excluding ortho intramolecular Hbond substituents is 2. The number of nitrogens with zero attached hydrogens (tertiary/aromatic N) is 4. The number of anilines is 1. The molecule has 0 radical (unpaired) electrons. The first-order chi connectivity index (χ1) is 22.8. The van der Waals surface area contributed by atoms with Gasteiger partial charge in [-0.05, 0) is 12.1 Å². The summed E-state index contributed by atoms with van der Waals surface area (Å²) in [6.07, 6.45) is 3.05. The van der Waals surface area contributed by atoms with Crippen LogP contribution in [0, 0.1) is 0 Å². The van der Waals surface area contributed by atoms with E-state index in [1.54, 1.807) is 42.1 Å². The number of amides is 1. The summed E-state index contributed by atoms with van der Waals surface area (Å²) in [5.74, 6) is -4.27. The number of halogens is 1. The van der Waals surface area contributed by atoms with Gasteiger partial charge >= 0.3 is 248 Å². The molecule has 2 aromatic rings. The Morgan fingerprint density at radius 2 is 1.27 bits per heavy atom. The van der Waals surface area contributed by atoms with Crippen LogP contribution >= 0.6 is 0 Å². The summed E-state index contributed by atoms with van der Waals surface area (Å²) in [7, 11) is 0. The van der Waals surface area contributed by atoms with Crippen LogP contribution in [0.3, 0.4) is 0 Å². The number of carbonyl (C=O) groups is 5. The molecule has 1 amide bonds. The van der Waals surface area contributed by atoms with Crippen molar-refractivity contribution in [3.63, 3.8) is 0 Å².